The summed E-state index contributed by atoms with van der Waals surface area (Å²) in [6.07, 6.45) is 2.95. The third-order valence-electron chi connectivity index (χ3n) is 4.33. The van der Waals surface area contributed by atoms with Crippen molar-refractivity contribution in [3.8, 4) is 23.0 Å². The van der Waals surface area contributed by atoms with E-state index in [0.29, 0.717) is 22.8 Å². The van der Waals surface area contributed by atoms with Gasteiger partial charge in [0.15, 0.2) is 23.0 Å². The summed E-state index contributed by atoms with van der Waals surface area (Å²) >= 11 is 0. The number of rotatable bonds is 9. The van der Waals surface area contributed by atoms with Crippen molar-refractivity contribution in [3.63, 3.8) is 0 Å². The molecule has 0 saturated carbocycles. The lowest BCUT2D eigenvalue weighted by Crippen LogP contribution is -2.19. The molecule has 0 spiro atoms. The minimum atomic E-state index is -0.642. The molecule has 32 heavy (non-hydrogen) atoms. The van der Waals surface area contributed by atoms with Crippen LogP contribution in [0.3, 0.4) is 0 Å². The second-order valence-electron chi connectivity index (χ2n) is 6.44. The molecular formula is C23H22N2O7. The van der Waals surface area contributed by atoms with E-state index in [4.69, 9.17) is 23.4 Å². The number of carbonyl (C=O) groups is 2. The first-order chi connectivity index (χ1) is 15.5. The van der Waals surface area contributed by atoms with Gasteiger partial charge in [-0.2, -0.15) is 5.10 Å². The van der Waals surface area contributed by atoms with Gasteiger partial charge in [-0.1, -0.05) is 6.07 Å². The van der Waals surface area contributed by atoms with Gasteiger partial charge in [0.05, 0.1) is 40.2 Å². The van der Waals surface area contributed by atoms with Crippen LogP contribution in [-0.4, -0.2) is 39.4 Å². The second-order valence-corrected chi connectivity index (χ2v) is 6.44. The molecule has 0 aliphatic heterocycles. The summed E-state index contributed by atoms with van der Waals surface area (Å²) in [5.74, 6) is 0.814. The number of benzene rings is 2. The summed E-state index contributed by atoms with van der Waals surface area (Å²) in [5.41, 5.74) is 3.85. The quantitative estimate of drug-likeness (QED) is 0.236. The van der Waals surface area contributed by atoms with Crippen molar-refractivity contribution in [1.82, 2.24) is 5.43 Å². The number of methoxy groups -OCH3 is 3. The van der Waals surface area contributed by atoms with Gasteiger partial charge in [0.25, 0.3) is 0 Å². The van der Waals surface area contributed by atoms with Gasteiger partial charge in [0.2, 0.25) is 11.7 Å². The molecule has 1 heterocycles. The number of amides is 1. The normalized spacial score (nSPS) is 10.6. The average molecular weight is 438 g/mol. The molecule has 0 atom stereocenters. The number of carbonyl (C=O) groups excluding carboxylic acids is 2. The monoisotopic (exact) mass is 438 g/mol. The van der Waals surface area contributed by atoms with Crippen LogP contribution in [0.1, 0.15) is 21.7 Å². The number of hydrogen-bond donors (Lipinski definition) is 1. The van der Waals surface area contributed by atoms with Gasteiger partial charge in [0, 0.05) is 0 Å². The van der Waals surface area contributed by atoms with E-state index in [1.807, 2.05) is 0 Å². The molecule has 0 unspecified atom stereocenters. The van der Waals surface area contributed by atoms with E-state index >= 15 is 0 Å². The van der Waals surface area contributed by atoms with Crippen molar-refractivity contribution >= 4 is 18.1 Å². The van der Waals surface area contributed by atoms with Crippen molar-refractivity contribution in [2.24, 2.45) is 5.10 Å². The fourth-order valence-electron chi connectivity index (χ4n) is 2.79. The van der Waals surface area contributed by atoms with Crippen LogP contribution in [0.15, 0.2) is 64.3 Å². The maximum absolute atomic E-state index is 12.2. The van der Waals surface area contributed by atoms with Crippen molar-refractivity contribution in [1.29, 1.82) is 0 Å². The number of hydrazone groups is 1. The maximum Gasteiger partial charge on any atom is 0.379 e. The van der Waals surface area contributed by atoms with Crippen LogP contribution >= 0.6 is 0 Å². The lowest BCUT2D eigenvalue weighted by atomic mass is 10.1. The minimum absolute atomic E-state index is 0.0786. The Labute approximate surface area is 184 Å². The molecular weight excluding hydrogens is 416 g/mol. The van der Waals surface area contributed by atoms with Gasteiger partial charge >= 0.3 is 5.97 Å². The highest BCUT2D eigenvalue weighted by Crippen LogP contribution is 2.29. The summed E-state index contributed by atoms with van der Waals surface area (Å²) in [6, 6.07) is 13.2. The van der Waals surface area contributed by atoms with Crippen LogP contribution in [0.4, 0.5) is 0 Å². The molecule has 0 bridgehead atoms. The first kappa shape index (κ1) is 22.4. The average Bonchev–Trinajstić information content (AvgIpc) is 3.35. The molecule has 0 aliphatic rings. The Bertz CT molecular complexity index is 1110. The summed E-state index contributed by atoms with van der Waals surface area (Å²) in [5, 5.41) is 3.96. The second kappa shape index (κ2) is 10.7. The van der Waals surface area contributed by atoms with E-state index in [0.717, 1.165) is 5.56 Å². The molecule has 0 aliphatic carbocycles. The van der Waals surface area contributed by atoms with Crippen molar-refractivity contribution in [2.75, 3.05) is 21.3 Å². The fourth-order valence-corrected chi connectivity index (χ4v) is 2.79. The Hall–Kier alpha value is -4.27. The SMILES string of the molecule is COc1ccc(CC(=O)N/N=C\c2ccc(OC(=O)c3ccco3)c(OC)c2)cc1OC. The van der Waals surface area contributed by atoms with Crippen LogP contribution in [0.5, 0.6) is 23.0 Å². The topological polar surface area (TPSA) is 109 Å². The maximum atomic E-state index is 12.2. The van der Waals surface area contributed by atoms with Gasteiger partial charge in [-0.15, -0.1) is 0 Å². The number of esters is 1. The molecule has 0 saturated heterocycles. The Kier molecular flexibility index (Phi) is 7.47. The van der Waals surface area contributed by atoms with Gasteiger partial charge in [0.1, 0.15) is 0 Å². The van der Waals surface area contributed by atoms with Crippen LogP contribution in [-0.2, 0) is 11.2 Å². The zero-order chi connectivity index (χ0) is 22.9. The van der Waals surface area contributed by atoms with Crippen LogP contribution in [0.25, 0.3) is 0 Å². The number of furan rings is 1. The van der Waals surface area contributed by atoms with Crippen LogP contribution < -0.4 is 24.4 Å². The Morgan fingerprint density at radius 3 is 2.34 bits per heavy atom. The van der Waals surface area contributed by atoms with Gasteiger partial charge in [-0.3, -0.25) is 4.79 Å². The van der Waals surface area contributed by atoms with E-state index in [1.54, 1.807) is 49.6 Å². The molecule has 1 N–H and O–H groups in total. The van der Waals surface area contributed by atoms with Crippen LogP contribution in [0.2, 0.25) is 0 Å². The third-order valence-corrected chi connectivity index (χ3v) is 4.33. The molecule has 3 rings (SSSR count). The first-order valence-corrected chi connectivity index (χ1v) is 9.50. The molecule has 166 valence electrons. The molecule has 0 radical (unpaired) electrons. The predicted molar refractivity (Wildman–Crippen MR) is 116 cm³/mol. The van der Waals surface area contributed by atoms with Crippen molar-refractivity contribution in [3.05, 3.63) is 71.7 Å². The fraction of sp³-hybridized carbons (Fsp3) is 0.174. The zero-order valence-corrected chi connectivity index (χ0v) is 17.8. The Morgan fingerprint density at radius 2 is 1.66 bits per heavy atom. The minimum Gasteiger partial charge on any atom is -0.493 e. The van der Waals surface area contributed by atoms with E-state index in [-0.39, 0.29) is 23.8 Å². The van der Waals surface area contributed by atoms with E-state index in [1.165, 1.54) is 32.8 Å². The summed E-state index contributed by atoms with van der Waals surface area (Å²) in [6.45, 7) is 0. The molecule has 0 fully saturated rings. The van der Waals surface area contributed by atoms with E-state index in [9.17, 15) is 9.59 Å². The number of nitrogens with zero attached hydrogens (tertiary/aromatic N) is 1. The standard InChI is InChI=1S/C23H22N2O7/c1-28-17-8-6-15(11-20(17)29-2)13-22(26)25-24-14-16-7-9-18(21(12-16)30-3)32-23(27)19-5-4-10-31-19/h4-12,14H,13H2,1-3H3,(H,25,26)/b24-14-. The molecule has 1 amide bonds. The Morgan fingerprint density at radius 1 is 0.938 bits per heavy atom. The Balaban J connectivity index is 1.60. The summed E-state index contributed by atoms with van der Waals surface area (Å²) < 4.78 is 26.0. The number of ether oxygens (including phenoxy) is 4. The number of hydrogen-bond acceptors (Lipinski definition) is 8. The highest BCUT2D eigenvalue weighted by atomic mass is 16.6. The molecule has 2 aromatic carbocycles. The van der Waals surface area contributed by atoms with Gasteiger partial charge < -0.3 is 23.4 Å². The van der Waals surface area contributed by atoms with Crippen molar-refractivity contribution < 1.29 is 33.0 Å². The molecule has 9 nitrogen and oxygen atoms in total. The smallest absolute Gasteiger partial charge is 0.379 e. The van der Waals surface area contributed by atoms with E-state index in [2.05, 4.69) is 10.5 Å². The molecule has 1 aromatic heterocycles. The molecule has 9 heteroatoms. The van der Waals surface area contributed by atoms with Gasteiger partial charge in [-0.05, 0) is 53.6 Å². The summed E-state index contributed by atoms with van der Waals surface area (Å²) in [7, 11) is 4.53. The highest BCUT2D eigenvalue weighted by Gasteiger charge is 2.15. The van der Waals surface area contributed by atoms with Crippen molar-refractivity contribution in [2.45, 2.75) is 6.42 Å². The predicted octanol–water partition coefficient (Wildman–Crippen LogP) is 3.22. The largest absolute Gasteiger partial charge is 0.493 e. The first-order valence-electron chi connectivity index (χ1n) is 9.50. The zero-order valence-electron chi connectivity index (χ0n) is 17.8. The number of nitrogens with one attached hydrogen (secondary N) is 1. The lowest BCUT2D eigenvalue weighted by molar-refractivity contribution is -0.120. The summed E-state index contributed by atoms with van der Waals surface area (Å²) in [4.78, 5) is 24.2. The molecule has 3 aromatic rings. The van der Waals surface area contributed by atoms with Crippen LogP contribution in [0, 0.1) is 0 Å². The lowest BCUT2D eigenvalue weighted by Gasteiger charge is -2.09. The van der Waals surface area contributed by atoms with Gasteiger partial charge in [-0.25, -0.2) is 10.2 Å². The third kappa shape index (κ3) is 5.66. The van der Waals surface area contributed by atoms with E-state index < -0.39 is 5.97 Å². The highest BCUT2D eigenvalue weighted by molar-refractivity contribution is 5.89.